The van der Waals surface area contributed by atoms with Gasteiger partial charge in [-0.15, -0.1) is 0 Å². The topological polar surface area (TPSA) is 37.3 Å². The summed E-state index contributed by atoms with van der Waals surface area (Å²) < 4.78 is 26.2. The zero-order valence-corrected chi connectivity index (χ0v) is 11.9. The quantitative estimate of drug-likeness (QED) is 0.802. The van der Waals surface area contributed by atoms with E-state index in [1.54, 1.807) is 6.07 Å². The lowest BCUT2D eigenvalue weighted by molar-refractivity contribution is -0.136. The molecule has 2 rings (SSSR count). The number of hydrogen-bond donors (Lipinski definition) is 1. The van der Waals surface area contributed by atoms with Crippen molar-refractivity contribution in [3.63, 3.8) is 0 Å². The smallest absolute Gasteiger partial charge is 0.303 e. The van der Waals surface area contributed by atoms with E-state index in [-0.39, 0.29) is 6.42 Å². The van der Waals surface area contributed by atoms with Crippen molar-refractivity contribution in [3.8, 4) is 0 Å². The van der Waals surface area contributed by atoms with E-state index in [0.717, 1.165) is 31.2 Å². The Morgan fingerprint density at radius 1 is 1.19 bits per heavy atom. The minimum absolute atomic E-state index is 0.167. The van der Waals surface area contributed by atoms with E-state index in [1.807, 2.05) is 6.08 Å². The molecule has 114 valence electrons. The molecule has 0 amide bonds. The van der Waals surface area contributed by atoms with Crippen molar-refractivity contribution in [2.24, 2.45) is 5.92 Å². The van der Waals surface area contributed by atoms with Crippen LogP contribution < -0.4 is 0 Å². The van der Waals surface area contributed by atoms with E-state index in [0.29, 0.717) is 18.3 Å². The number of rotatable bonds is 5. The second-order valence-electron chi connectivity index (χ2n) is 5.65. The van der Waals surface area contributed by atoms with Crippen LogP contribution in [0.1, 0.15) is 50.0 Å². The fourth-order valence-electron chi connectivity index (χ4n) is 2.91. The van der Waals surface area contributed by atoms with E-state index < -0.39 is 17.6 Å². The Labute approximate surface area is 123 Å². The van der Waals surface area contributed by atoms with Crippen LogP contribution in [0.25, 0.3) is 0 Å². The third-order valence-electron chi connectivity index (χ3n) is 4.12. The minimum atomic E-state index is -0.797. The zero-order chi connectivity index (χ0) is 15.2. The number of carboxylic acids is 1. The van der Waals surface area contributed by atoms with Crippen molar-refractivity contribution in [1.82, 2.24) is 0 Å². The Kier molecular flexibility index (Phi) is 5.48. The maximum Gasteiger partial charge on any atom is 0.303 e. The second kappa shape index (κ2) is 7.34. The highest BCUT2D eigenvalue weighted by Crippen LogP contribution is 2.36. The van der Waals surface area contributed by atoms with Gasteiger partial charge in [0.15, 0.2) is 11.6 Å². The van der Waals surface area contributed by atoms with Gasteiger partial charge in [-0.05, 0) is 61.6 Å². The summed E-state index contributed by atoms with van der Waals surface area (Å²) in [5, 5.41) is 8.56. The number of carboxylic acid groups (broad SMARTS) is 1. The van der Waals surface area contributed by atoms with Gasteiger partial charge in [0.1, 0.15) is 0 Å². The Morgan fingerprint density at radius 2 is 1.90 bits per heavy atom. The van der Waals surface area contributed by atoms with Crippen molar-refractivity contribution in [3.05, 3.63) is 47.5 Å². The van der Waals surface area contributed by atoms with Crippen LogP contribution in [-0.2, 0) is 4.79 Å². The van der Waals surface area contributed by atoms with Crippen molar-refractivity contribution < 1.29 is 18.7 Å². The summed E-state index contributed by atoms with van der Waals surface area (Å²) in [6.45, 7) is 0. The highest BCUT2D eigenvalue weighted by Gasteiger charge is 2.21. The molecule has 1 N–H and O–H groups in total. The van der Waals surface area contributed by atoms with Gasteiger partial charge in [-0.2, -0.15) is 0 Å². The fourth-order valence-corrected chi connectivity index (χ4v) is 2.91. The van der Waals surface area contributed by atoms with Gasteiger partial charge >= 0.3 is 5.97 Å². The molecular formula is C17H20F2O2. The van der Waals surface area contributed by atoms with Gasteiger partial charge in [-0.3, -0.25) is 4.79 Å². The summed E-state index contributed by atoms with van der Waals surface area (Å²) in [6, 6.07) is 4.18. The average Bonchev–Trinajstić information content (AvgIpc) is 2.47. The molecule has 1 aromatic carbocycles. The Balaban J connectivity index is 1.82. The molecule has 0 heterocycles. The highest BCUT2D eigenvalue weighted by molar-refractivity contribution is 5.66. The number of aliphatic carboxylic acids is 1. The molecule has 0 bridgehead atoms. The van der Waals surface area contributed by atoms with Crippen LogP contribution in [-0.4, -0.2) is 11.1 Å². The van der Waals surface area contributed by atoms with E-state index in [2.05, 4.69) is 6.08 Å². The number of carbonyl (C=O) groups is 1. The van der Waals surface area contributed by atoms with Crippen LogP contribution in [0.3, 0.4) is 0 Å². The maximum atomic E-state index is 13.2. The molecule has 21 heavy (non-hydrogen) atoms. The van der Waals surface area contributed by atoms with Crippen LogP contribution in [0.4, 0.5) is 8.78 Å². The largest absolute Gasteiger partial charge is 0.481 e. The Hall–Kier alpha value is -1.71. The number of benzene rings is 1. The summed E-state index contributed by atoms with van der Waals surface area (Å²) in [5.41, 5.74) is 0.877. The van der Waals surface area contributed by atoms with E-state index in [9.17, 15) is 13.6 Å². The lowest BCUT2D eigenvalue weighted by Gasteiger charge is -2.27. The summed E-state index contributed by atoms with van der Waals surface area (Å²) in [6.07, 6.45) is 8.71. The van der Waals surface area contributed by atoms with Gasteiger partial charge in [-0.25, -0.2) is 8.78 Å². The van der Waals surface area contributed by atoms with Gasteiger partial charge in [0.05, 0.1) is 0 Å². The van der Waals surface area contributed by atoms with Crippen LogP contribution in [0.2, 0.25) is 0 Å². The molecule has 0 atom stereocenters. The van der Waals surface area contributed by atoms with Gasteiger partial charge in [0.2, 0.25) is 0 Å². The van der Waals surface area contributed by atoms with Crippen LogP contribution in [0, 0.1) is 17.6 Å². The van der Waals surface area contributed by atoms with Crippen molar-refractivity contribution >= 4 is 5.97 Å². The molecular weight excluding hydrogens is 274 g/mol. The molecule has 0 aliphatic heterocycles. The maximum absolute atomic E-state index is 13.2. The Bertz CT molecular complexity index is 518. The standard InChI is InChI=1S/C17H20F2O2/c18-15-10-9-14(11-16(15)19)13-7-5-12(6-8-13)3-1-2-4-17(20)21/h1,3,9-13H,2,4-8H2,(H,20,21). The van der Waals surface area contributed by atoms with Crippen LogP contribution in [0.15, 0.2) is 30.4 Å². The molecule has 0 aromatic heterocycles. The summed E-state index contributed by atoms with van der Waals surface area (Å²) in [7, 11) is 0. The van der Waals surface area contributed by atoms with Crippen LogP contribution in [0.5, 0.6) is 0 Å². The number of allylic oxidation sites excluding steroid dienone is 2. The lowest BCUT2D eigenvalue weighted by atomic mass is 9.78. The second-order valence-corrected chi connectivity index (χ2v) is 5.65. The third-order valence-corrected chi connectivity index (χ3v) is 4.12. The lowest BCUT2D eigenvalue weighted by Crippen LogP contribution is -2.12. The van der Waals surface area contributed by atoms with Gasteiger partial charge in [0.25, 0.3) is 0 Å². The van der Waals surface area contributed by atoms with E-state index in [4.69, 9.17) is 5.11 Å². The molecule has 1 aliphatic carbocycles. The zero-order valence-electron chi connectivity index (χ0n) is 11.9. The van der Waals surface area contributed by atoms with Gasteiger partial charge < -0.3 is 5.11 Å². The van der Waals surface area contributed by atoms with Crippen molar-refractivity contribution in [2.75, 3.05) is 0 Å². The highest BCUT2D eigenvalue weighted by atomic mass is 19.2. The molecule has 1 fully saturated rings. The summed E-state index contributed by atoms with van der Waals surface area (Å²) in [5.74, 6) is -1.58. The van der Waals surface area contributed by atoms with Crippen LogP contribution >= 0.6 is 0 Å². The SMILES string of the molecule is O=C(O)CCC=CC1CCC(c2ccc(F)c(F)c2)CC1. The molecule has 0 spiro atoms. The normalized spacial score (nSPS) is 22.6. The molecule has 0 saturated heterocycles. The molecule has 1 aliphatic rings. The first-order chi connectivity index (χ1) is 10.1. The monoisotopic (exact) mass is 294 g/mol. The van der Waals surface area contributed by atoms with Gasteiger partial charge in [-0.1, -0.05) is 18.2 Å². The molecule has 2 nitrogen and oxygen atoms in total. The first-order valence-electron chi connectivity index (χ1n) is 7.39. The predicted molar refractivity (Wildman–Crippen MR) is 77.1 cm³/mol. The molecule has 0 radical (unpaired) electrons. The first-order valence-corrected chi connectivity index (χ1v) is 7.39. The van der Waals surface area contributed by atoms with Crippen molar-refractivity contribution in [2.45, 2.75) is 44.4 Å². The third kappa shape index (κ3) is 4.66. The van der Waals surface area contributed by atoms with E-state index in [1.165, 1.54) is 12.1 Å². The van der Waals surface area contributed by atoms with Gasteiger partial charge in [0, 0.05) is 6.42 Å². The molecule has 0 unspecified atom stereocenters. The summed E-state index contributed by atoms with van der Waals surface area (Å²) in [4.78, 5) is 10.4. The van der Waals surface area contributed by atoms with E-state index >= 15 is 0 Å². The summed E-state index contributed by atoms with van der Waals surface area (Å²) >= 11 is 0. The molecule has 4 heteroatoms. The number of hydrogen-bond acceptors (Lipinski definition) is 1. The molecule has 1 aromatic rings. The minimum Gasteiger partial charge on any atom is -0.481 e. The molecule has 1 saturated carbocycles. The first kappa shape index (κ1) is 15.7. The average molecular weight is 294 g/mol. The fraction of sp³-hybridized carbons (Fsp3) is 0.471. The Morgan fingerprint density at radius 3 is 2.52 bits per heavy atom. The van der Waals surface area contributed by atoms with Crippen molar-refractivity contribution in [1.29, 1.82) is 0 Å². The predicted octanol–water partition coefficient (Wildman–Crippen LogP) is 4.66. The number of halogens is 2.